The Labute approximate surface area is 227 Å². The monoisotopic (exact) mass is 586 g/mol. The molecule has 1 atom stereocenters. The lowest BCUT2D eigenvalue weighted by Gasteiger charge is -2.33. The fraction of sp³-hybridized carbons (Fsp3) is 0.778. The van der Waals surface area contributed by atoms with E-state index in [1.54, 1.807) is 0 Å². The Balaban J connectivity index is 1.75. The highest BCUT2D eigenvalue weighted by molar-refractivity contribution is 7.96. The molecule has 11 heteroatoms. The molecule has 1 N–H and O–H groups in total. The van der Waals surface area contributed by atoms with Crippen molar-refractivity contribution in [1.82, 2.24) is 0 Å². The molecule has 1 unspecified atom stereocenters. The second kappa shape index (κ2) is 12.3. The molecule has 0 aliphatic heterocycles. The predicted octanol–water partition coefficient (Wildman–Crippen LogP) is 9.90. The van der Waals surface area contributed by atoms with E-state index in [0.29, 0.717) is 17.0 Å². The molecule has 4 rings (SSSR count). The summed E-state index contributed by atoms with van der Waals surface area (Å²) in [5.74, 6) is -5.67. The highest BCUT2D eigenvalue weighted by Gasteiger charge is 2.76. The van der Waals surface area contributed by atoms with Crippen molar-refractivity contribution in [3.8, 4) is 5.75 Å². The van der Waals surface area contributed by atoms with Crippen LogP contribution >= 0.6 is 12.0 Å². The Morgan fingerprint density at radius 3 is 1.50 bits per heavy atom. The van der Waals surface area contributed by atoms with Crippen LogP contribution in [0.5, 0.6) is 5.75 Å². The minimum absolute atomic E-state index is 0.00532. The van der Waals surface area contributed by atoms with Gasteiger partial charge in [-0.2, -0.15) is 26.3 Å². The van der Waals surface area contributed by atoms with Crippen molar-refractivity contribution in [2.75, 3.05) is 0 Å². The molecule has 0 spiro atoms. The quantitative estimate of drug-likeness (QED) is 0.178. The highest BCUT2D eigenvalue weighted by Crippen LogP contribution is 2.55. The van der Waals surface area contributed by atoms with Crippen LogP contribution in [0.2, 0.25) is 0 Å². The zero-order valence-electron chi connectivity index (χ0n) is 21.3. The summed E-state index contributed by atoms with van der Waals surface area (Å²) in [6, 6.07) is 3.98. The fourth-order valence-electron chi connectivity index (χ4n) is 6.33. The van der Waals surface area contributed by atoms with Crippen molar-refractivity contribution in [2.45, 2.75) is 130 Å². The van der Waals surface area contributed by atoms with Gasteiger partial charge in [-0.15, -0.1) is 0 Å². The Bertz CT molecular complexity index is 933. The molecule has 0 heterocycles. The summed E-state index contributed by atoms with van der Waals surface area (Å²) >= 11 is -5.52. The maximum absolute atomic E-state index is 14.6. The molecule has 216 valence electrons. The fourth-order valence-corrected chi connectivity index (χ4v) is 7.35. The van der Waals surface area contributed by atoms with Crippen LogP contribution in [0.1, 0.15) is 131 Å². The van der Waals surface area contributed by atoms with Crippen LogP contribution in [-0.4, -0.2) is 25.2 Å². The van der Waals surface area contributed by atoms with Crippen LogP contribution in [0.4, 0.5) is 26.3 Å². The molecule has 3 fully saturated rings. The number of alkyl halides is 6. The summed E-state index contributed by atoms with van der Waals surface area (Å²) in [6.45, 7) is 0. The maximum atomic E-state index is 14.6. The van der Waals surface area contributed by atoms with E-state index < -0.39 is 39.6 Å². The molecule has 0 aromatic heterocycles. The highest BCUT2D eigenvalue weighted by atomic mass is 32.2. The first-order valence-electron chi connectivity index (χ1n) is 13.7. The third kappa shape index (κ3) is 6.19. The van der Waals surface area contributed by atoms with E-state index in [0.717, 1.165) is 95.5 Å². The molecule has 38 heavy (non-hydrogen) atoms. The zero-order chi connectivity index (χ0) is 27.6. The van der Waals surface area contributed by atoms with E-state index >= 15 is 0 Å². The van der Waals surface area contributed by atoms with Gasteiger partial charge in [-0.1, -0.05) is 69.9 Å². The van der Waals surface area contributed by atoms with Crippen molar-refractivity contribution in [3.63, 3.8) is 0 Å². The average molecular weight is 587 g/mol. The minimum Gasteiger partial charge on any atom is -0.419 e. The summed E-state index contributed by atoms with van der Waals surface area (Å²) in [6.07, 6.45) is 14.6. The van der Waals surface area contributed by atoms with Gasteiger partial charge in [0.1, 0.15) is 17.8 Å². The first-order chi connectivity index (χ1) is 18.0. The molecule has 3 aliphatic rings. The van der Waals surface area contributed by atoms with Crippen LogP contribution in [0.25, 0.3) is 0 Å². The molecule has 3 saturated carbocycles. The SMILES string of the molecule is O=S(O)C(F)(F)C(F)(F)C(F)(F)SOc1c(C2CCCCC2)cc(C2CCCCC2)cc1C1CCCCC1. The largest absolute Gasteiger partial charge is 0.419 e. The second-order valence-corrected chi connectivity index (χ2v) is 12.9. The van der Waals surface area contributed by atoms with Crippen molar-refractivity contribution < 1.29 is 39.3 Å². The molecule has 3 nitrogen and oxygen atoms in total. The minimum atomic E-state index is -6.11. The van der Waals surface area contributed by atoms with Gasteiger partial charge < -0.3 is 8.74 Å². The topological polar surface area (TPSA) is 46.5 Å². The summed E-state index contributed by atoms with van der Waals surface area (Å²) in [5.41, 5.74) is 2.54. The molecule has 0 radical (unpaired) electrons. The molecule has 0 saturated heterocycles. The van der Waals surface area contributed by atoms with E-state index in [-0.39, 0.29) is 17.6 Å². The molecule has 0 bridgehead atoms. The third-order valence-corrected chi connectivity index (χ3v) is 9.93. The smallest absolute Gasteiger partial charge is 0.414 e. The molecular formula is C27H36F6O3S2. The lowest BCUT2D eigenvalue weighted by molar-refractivity contribution is -0.241. The van der Waals surface area contributed by atoms with E-state index in [1.807, 2.05) is 12.1 Å². The number of rotatable bonds is 9. The third-order valence-electron chi connectivity index (χ3n) is 8.52. The summed E-state index contributed by atoms with van der Waals surface area (Å²) in [7, 11) is 0. The summed E-state index contributed by atoms with van der Waals surface area (Å²) in [5, 5.41) is -11.3. The van der Waals surface area contributed by atoms with Crippen LogP contribution < -0.4 is 4.18 Å². The standard InChI is InChI=1S/C27H36F6O3S2/c28-25(29,27(32,33)38(34)35)26(30,31)37-36-24-22(19-12-6-2-7-13-19)16-21(18-10-4-1-5-11-18)17-23(24)20-14-8-3-9-15-20/h16-20H,1-15H2,(H,34,35). The number of halogens is 6. The van der Waals surface area contributed by atoms with Gasteiger partial charge >= 0.3 is 16.4 Å². The zero-order valence-corrected chi connectivity index (χ0v) is 23.0. The lowest BCUT2D eigenvalue weighted by Crippen LogP contribution is -2.54. The number of hydrogen-bond donors (Lipinski definition) is 1. The molecule has 3 aliphatic carbocycles. The van der Waals surface area contributed by atoms with Crippen LogP contribution in [-0.2, 0) is 11.1 Å². The Morgan fingerprint density at radius 2 is 1.11 bits per heavy atom. The van der Waals surface area contributed by atoms with Crippen LogP contribution in [0.15, 0.2) is 12.1 Å². The first-order valence-corrected chi connectivity index (χ1v) is 15.6. The van der Waals surface area contributed by atoms with Crippen molar-refractivity contribution in [2.24, 2.45) is 0 Å². The predicted molar refractivity (Wildman–Crippen MR) is 138 cm³/mol. The van der Waals surface area contributed by atoms with E-state index in [1.165, 1.54) is 6.42 Å². The summed E-state index contributed by atoms with van der Waals surface area (Å²) < 4.78 is 110. The van der Waals surface area contributed by atoms with Gasteiger partial charge in [0.2, 0.25) is 11.1 Å². The number of benzene rings is 1. The Hall–Kier alpha value is -0.940. The Kier molecular flexibility index (Phi) is 9.71. The second-order valence-electron chi connectivity index (χ2n) is 11.1. The Morgan fingerprint density at radius 1 is 0.711 bits per heavy atom. The first kappa shape index (κ1) is 30.0. The van der Waals surface area contributed by atoms with E-state index in [9.17, 15) is 30.6 Å². The van der Waals surface area contributed by atoms with E-state index in [4.69, 9.17) is 8.74 Å². The van der Waals surface area contributed by atoms with Gasteiger partial charge in [-0.3, -0.25) is 0 Å². The molecular weight excluding hydrogens is 550 g/mol. The average Bonchev–Trinajstić information content (AvgIpc) is 2.92. The maximum Gasteiger partial charge on any atom is 0.414 e. The molecule has 0 amide bonds. The van der Waals surface area contributed by atoms with Gasteiger partial charge in [-0.05, 0) is 73.0 Å². The van der Waals surface area contributed by atoms with Crippen molar-refractivity contribution in [1.29, 1.82) is 0 Å². The van der Waals surface area contributed by atoms with Crippen LogP contribution in [0.3, 0.4) is 0 Å². The van der Waals surface area contributed by atoms with Gasteiger partial charge in [-0.25, -0.2) is 4.21 Å². The van der Waals surface area contributed by atoms with Gasteiger partial charge in [0, 0.05) is 0 Å². The van der Waals surface area contributed by atoms with Gasteiger partial charge in [0.25, 0.3) is 0 Å². The lowest BCUT2D eigenvalue weighted by atomic mass is 9.75. The molecule has 1 aromatic rings. The van der Waals surface area contributed by atoms with Crippen molar-refractivity contribution in [3.05, 3.63) is 28.8 Å². The van der Waals surface area contributed by atoms with Gasteiger partial charge in [0.05, 0.1) is 0 Å². The van der Waals surface area contributed by atoms with E-state index in [2.05, 4.69) is 0 Å². The normalized spacial score (nSPS) is 22.4. The van der Waals surface area contributed by atoms with Gasteiger partial charge in [0.15, 0.2) is 0 Å². The summed E-state index contributed by atoms with van der Waals surface area (Å²) in [4.78, 5) is 0. The van der Waals surface area contributed by atoms with Crippen LogP contribution in [0, 0.1) is 0 Å². The van der Waals surface area contributed by atoms with Crippen molar-refractivity contribution >= 4 is 23.1 Å². The number of hydrogen-bond acceptors (Lipinski definition) is 3. The molecule has 1 aromatic carbocycles.